The van der Waals surface area contributed by atoms with Gasteiger partial charge in [-0.1, -0.05) is 0 Å². The molecule has 1 aliphatic rings. The highest BCUT2D eigenvalue weighted by atomic mass is 16.5. The Morgan fingerprint density at radius 3 is 2.91 bits per heavy atom. The monoisotopic (exact) mass is 302 g/mol. The van der Waals surface area contributed by atoms with Crippen LogP contribution in [0.4, 0.5) is 0 Å². The van der Waals surface area contributed by atoms with Gasteiger partial charge in [-0.2, -0.15) is 5.10 Å². The van der Waals surface area contributed by atoms with Gasteiger partial charge in [0.1, 0.15) is 5.69 Å². The van der Waals surface area contributed by atoms with Crippen molar-refractivity contribution in [2.75, 3.05) is 19.8 Å². The van der Waals surface area contributed by atoms with Crippen LogP contribution in [0.3, 0.4) is 0 Å². The molecule has 22 heavy (non-hydrogen) atoms. The maximum atomic E-state index is 12.7. The van der Waals surface area contributed by atoms with Gasteiger partial charge in [0.25, 0.3) is 0 Å². The van der Waals surface area contributed by atoms with E-state index in [0.29, 0.717) is 49.4 Å². The van der Waals surface area contributed by atoms with Crippen LogP contribution < -0.4 is 0 Å². The van der Waals surface area contributed by atoms with Crippen molar-refractivity contribution >= 4 is 17.3 Å². The molecule has 0 N–H and O–H groups in total. The molecule has 0 spiro atoms. The number of carbonyl (C=O) groups excluding carboxylic acids is 2. The first-order chi connectivity index (χ1) is 10.7. The zero-order valence-electron chi connectivity index (χ0n) is 12.4. The molecule has 2 aromatic rings. The molecular weight excluding hydrogens is 284 g/mol. The number of ketones is 1. The van der Waals surface area contributed by atoms with Crippen molar-refractivity contribution in [3.8, 4) is 0 Å². The Bertz CT molecular complexity index is 701. The third kappa shape index (κ3) is 2.62. The van der Waals surface area contributed by atoms with Crippen molar-refractivity contribution in [1.29, 1.82) is 0 Å². The van der Waals surface area contributed by atoms with E-state index in [2.05, 4.69) is 5.10 Å². The van der Waals surface area contributed by atoms with Crippen LogP contribution in [0.25, 0.3) is 5.52 Å². The highest BCUT2D eigenvalue weighted by Gasteiger charge is 2.27. The van der Waals surface area contributed by atoms with Crippen LogP contribution in [0.1, 0.15) is 40.6 Å². The molecule has 1 saturated heterocycles. The van der Waals surface area contributed by atoms with Crippen molar-refractivity contribution in [2.45, 2.75) is 19.8 Å². The van der Waals surface area contributed by atoms with Gasteiger partial charge in [-0.25, -0.2) is 9.31 Å². The summed E-state index contributed by atoms with van der Waals surface area (Å²) in [5, 5.41) is 4.22. The number of carbonyl (C=O) groups is 2. The lowest BCUT2D eigenvalue weighted by atomic mass is 9.93. The first-order valence-corrected chi connectivity index (χ1v) is 7.48. The first-order valence-electron chi connectivity index (χ1n) is 7.48. The van der Waals surface area contributed by atoms with Gasteiger partial charge in [0.05, 0.1) is 17.7 Å². The van der Waals surface area contributed by atoms with E-state index in [0.717, 1.165) is 0 Å². The summed E-state index contributed by atoms with van der Waals surface area (Å²) < 4.78 is 11.9. The van der Waals surface area contributed by atoms with E-state index in [9.17, 15) is 9.59 Å². The van der Waals surface area contributed by atoms with Gasteiger partial charge in [-0.3, -0.25) is 4.79 Å². The normalized spacial score (nSPS) is 15.9. The van der Waals surface area contributed by atoms with Crippen LogP contribution in [0, 0.1) is 5.92 Å². The Hall–Kier alpha value is -2.21. The maximum absolute atomic E-state index is 12.7. The molecule has 116 valence electrons. The lowest BCUT2D eigenvalue weighted by molar-refractivity contribution is 0.0528. The number of rotatable bonds is 4. The Balaban J connectivity index is 2.02. The van der Waals surface area contributed by atoms with E-state index < -0.39 is 5.97 Å². The molecule has 2 aromatic heterocycles. The summed E-state index contributed by atoms with van der Waals surface area (Å²) in [6, 6.07) is 5.10. The molecule has 0 saturated carbocycles. The molecule has 1 fully saturated rings. The van der Waals surface area contributed by atoms with Crippen LogP contribution in [-0.2, 0) is 9.47 Å². The van der Waals surface area contributed by atoms with Crippen molar-refractivity contribution < 1.29 is 19.1 Å². The van der Waals surface area contributed by atoms with E-state index in [1.165, 1.54) is 4.52 Å². The molecule has 3 heterocycles. The van der Waals surface area contributed by atoms with Gasteiger partial charge in [-0.15, -0.1) is 0 Å². The average Bonchev–Trinajstić information content (AvgIpc) is 2.95. The summed E-state index contributed by atoms with van der Waals surface area (Å²) >= 11 is 0. The van der Waals surface area contributed by atoms with Gasteiger partial charge in [0.2, 0.25) is 0 Å². The first kappa shape index (κ1) is 14.7. The van der Waals surface area contributed by atoms with Crippen LogP contribution in [0.2, 0.25) is 0 Å². The minimum Gasteiger partial charge on any atom is -0.462 e. The molecule has 0 aliphatic carbocycles. The number of fused-ring (bicyclic) bond motifs is 1. The average molecular weight is 302 g/mol. The topological polar surface area (TPSA) is 69.9 Å². The minimum absolute atomic E-state index is 0.00699. The summed E-state index contributed by atoms with van der Waals surface area (Å²) in [4.78, 5) is 24.8. The summed E-state index contributed by atoms with van der Waals surface area (Å²) in [5.74, 6) is -0.504. The molecule has 6 heteroatoms. The smallest absolute Gasteiger partial charge is 0.340 e. The third-order valence-electron chi connectivity index (χ3n) is 3.88. The summed E-state index contributed by atoms with van der Waals surface area (Å²) in [6.07, 6.45) is 3.00. The molecule has 0 amide bonds. The van der Waals surface area contributed by atoms with Crippen molar-refractivity contribution in [2.24, 2.45) is 5.92 Å². The van der Waals surface area contributed by atoms with E-state index in [1.54, 1.807) is 31.3 Å². The van der Waals surface area contributed by atoms with Crippen LogP contribution >= 0.6 is 0 Å². The minimum atomic E-state index is -0.431. The van der Waals surface area contributed by atoms with E-state index >= 15 is 0 Å². The molecular formula is C16H18N2O4. The van der Waals surface area contributed by atoms with Gasteiger partial charge in [0.15, 0.2) is 5.78 Å². The van der Waals surface area contributed by atoms with Crippen LogP contribution in [-0.4, -0.2) is 41.2 Å². The van der Waals surface area contributed by atoms with E-state index in [1.807, 2.05) is 0 Å². The fourth-order valence-electron chi connectivity index (χ4n) is 2.76. The predicted octanol–water partition coefficient (Wildman–Crippen LogP) is 2.12. The van der Waals surface area contributed by atoms with Crippen molar-refractivity contribution in [1.82, 2.24) is 9.61 Å². The fraction of sp³-hybridized carbons (Fsp3) is 0.438. The molecule has 0 atom stereocenters. The molecule has 3 rings (SSSR count). The second-order valence-electron chi connectivity index (χ2n) is 5.24. The molecule has 0 unspecified atom stereocenters. The summed E-state index contributed by atoms with van der Waals surface area (Å²) in [6.45, 7) is 3.23. The number of nitrogens with zero attached hydrogens (tertiary/aromatic N) is 2. The molecule has 0 bridgehead atoms. The molecule has 0 aromatic carbocycles. The van der Waals surface area contributed by atoms with E-state index in [-0.39, 0.29) is 11.7 Å². The second-order valence-corrected chi connectivity index (χ2v) is 5.24. The van der Waals surface area contributed by atoms with Crippen molar-refractivity contribution in [3.63, 3.8) is 0 Å². The number of esters is 1. The lowest BCUT2D eigenvalue weighted by Gasteiger charge is -2.20. The summed E-state index contributed by atoms with van der Waals surface area (Å²) in [5.41, 5.74) is 1.41. The molecule has 1 aliphatic heterocycles. The fourth-order valence-corrected chi connectivity index (χ4v) is 2.76. The highest BCUT2D eigenvalue weighted by Crippen LogP contribution is 2.24. The standard InChI is InChI=1S/C16H18N2O4/c1-2-22-16(20)12-10-14(18-13(12)4-3-7-17-18)15(19)11-5-8-21-9-6-11/h3-4,7,10-11H,2,5-6,8-9H2,1H3. The number of Topliss-reactive ketones (excluding diaryl/α,β-unsaturated/α-hetero) is 1. The zero-order valence-corrected chi connectivity index (χ0v) is 12.4. The van der Waals surface area contributed by atoms with Crippen LogP contribution in [0.15, 0.2) is 24.4 Å². The zero-order chi connectivity index (χ0) is 15.5. The van der Waals surface area contributed by atoms with Gasteiger partial charge in [-0.05, 0) is 38.0 Å². The Kier molecular flexibility index (Phi) is 4.20. The second kappa shape index (κ2) is 6.27. The van der Waals surface area contributed by atoms with Gasteiger partial charge in [0, 0.05) is 25.3 Å². The lowest BCUT2D eigenvalue weighted by Crippen LogP contribution is -2.24. The third-order valence-corrected chi connectivity index (χ3v) is 3.88. The Morgan fingerprint density at radius 2 is 2.18 bits per heavy atom. The number of hydrogen-bond acceptors (Lipinski definition) is 5. The van der Waals surface area contributed by atoms with Gasteiger partial charge >= 0.3 is 5.97 Å². The largest absolute Gasteiger partial charge is 0.462 e. The molecule has 6 nitrogen and oxygen atoms in total. The highest BCUT2D eigenvalue weighted by molar-refractivity contribution is 6.04. The van der Waals surface area contributed by atoms with Crippen LogP contribution in [0.5, 0.6) is 0 Å². The Morgan fingerprint density at radius 1 is 1.41 bits per heavy atom. The quantitative estimate of drug-likeness (QED) is 0.639. The predicted molar refractivity (Wildman–Crippen MR) is 79.0 cm³/mol. The Labute approximate surface area is 128 Å². The number of ether oxygens (including phenoxy) is 2. The SMILES string of the molecule is CCOC(=O)c1cc(C(=O)C2CCOCC2)n2ncccc12. The van der Waals surface area contributed by atoms with Crippen molar-refractivity contribution in [3.05, 3.63) is 35.7 Å². The van der Waals surface area contributed by atoms with E-state index in [4.69, 9.17) is 9.47 Å². The molecule has 0 radical (unpaired) electrons. The number of hydrogen-bond donors (Lipinski definition) is 0. The number of aromatic nitrogens is 2. The van der Waals surface area contributed by atoms with Gasteiger partial charge < -0.3 is 9.47 Å². The maximum Gasteiger partial charge on any atom is 0.340 e. The summed E-state index contributed by atoms with van der Waals surface area (Å²) in [7, 11) is 0.